The second-order valence-corrected chi connectivity index (χ2v) is 4.80. The lowest BCUT2D eigenvalue weighted by atomic mass is 10.2. The van der Waals surface area contributed by atoms with Crippen molar-refractivity contribution in [3.05, 3.63) is 52.3 Å². The zero-order valence-corrected chi connectivity index (χ0v) is 11.5. The first-order chi connectivity index (χ1) is 8.77. The molecule has 1 aromatic carbocycles. The van der Waals surface area contributed by atoms with Crippen LogP contribution in [0.4, 0.5) is 0 Å². The minimum absolute atomic E-state index is 0.604. The van der Waals surface area contributed by atoms with Crippen molar-refractivity contribution in [2.45, 2.75) is 19.5 Å². The van der Waals surface area contributed by atoms with Crippen LogP contribution in [0.1, 0.15) is 12.0 Å². The molecule has 0 atom stereocenters. The van der Waals surface area contributed by atoms with Crippen LogP contribution in [0, 0.1) is 0 Å². The molecule has 0 amide bonds. The fourth-order valence-corrected chi connectivity index (χ4v) is 2.09. The molecule has 3 nitrogen and oxygen atoms in total. The number of nitrogens with zero attached hydrogens (tertiary/aromatic N) is 2. The molecule has 1 heterocycles. The molecule has 0 fully saturated rings. The highest BCUT2D eigenvalue weighted by Crippen LogP contribution is 2.25. The summed E-state index contributed by atoms with van der Waals surface area (Å²) in [6, 6.07) is 7.62. The molecular weight excluding hydrogens is 269 g/mol. The van der Waals surface area contributed by atoms with E-state index in [0.29, 0.717) is 10.0 Å². The van der Waals surface area contributed by atoms with Crippen molar-refractivity contribution in [2.24, 2.45) is 0 Å². The van der Waals surface area contributed by atoms with Crippen molar-refractivity contribution in [1.82, 2.24) is 15.1 Å². The van der Waals surface area contributed by atoms with Gasteiger partial charge in [0, 0.05) is 25.5 Å². The number of halogens is 2. The van der Waals surface area contributed by atoms with E-state index in [2.05, 4.69) is 10.4 Å². The molecule has 0 bridgehead atoms. The monoisotopic (exact) mass is 283 g/mol. The van der Waals surface area contributed by atoms with E-state index in [9.17, 15) is 0 Å². The molecule has 96 valence electrons. The largest absolute Gasteiger partial charge is 0.313 e. The van der Waals surface area contributed by atoms with Crippen LogP contribution in [0.5, 0.6) is 0 Å². The minimum atomic E-state index is 0.604. The van der Waals surface area contributed by atoms with Gasteiger partial charge in [-0.05, 0) is 30.7 Å². The first-order valence-corrected chi connectivity index (χ1v) is 6.64. The van der Waals surface area contributed by atoms with Gasteiger partial charge in [-0.15, -0.1) is 0 Å². The van der Waals surface area contributed by atoms with Crippen molar-refractivity contribution in [2.75, 3.05) is 6.54 Å². The normalized spacial score (nSPS) is 10.8. The maximum absolute atomic E-state index is 6.10. The van der Waals surface area contributed by atoms with E-state index in [4.69, 9.17) is 23.2 Å². The third-order valence-electron chi connectivity index (χ3n) is 2.65. The average molecular weight is 284 g/mol. The first-order valence-electron chi connectivity index (χ1n) is 5.88. The maximum atomic E-state index is 6.10. The molecule has 0 aliphatic rings. The van der Waals surface area contributed by atoms with Gasteiger partial charge >= 0.3 is 0 Å². The summed E-state index contributed by atoms with van der Waals surface area (Å²) in [7, 11) is 0. The highest BCUT2D eigenvalue weighted by molar-refractivity contribution is 6.42. The van der Waals surface area contributed by atoms with Gasteiger partial charge in [-0.2, -0.15) is 5.10 Å². The number of rotatable bonds is 6. The van der Waals surface area contributed by atoms with E-state index in [1.54, 1.807) is 12.3 Å². The van der Waals surface area contributed by atoms with Gasteiger partial charge in [0.2, 0.25) is 0 Å². The first kappa shape index (κ1) is 13.4. The Labute approximate surface area is 117 Å². The van der Waals surface area contributed by atoms with Gasteiger partial charge < -0.3 is 5.32 Å². The zero-order chi connectivity index (χ0) is 12.8. The lowest BCUT2D eigenvalue weighted by Crippen LogP contribution is -2.16. The fraction of sp³-hybridized carbons (Fsp3) is 0.308. The van der Waals surface area contributed by atoms with Crippen LogP contribution in [-0.2, 0) is 13.1 Å². The third kappa shape index (κ3) is 3.73. The summed E-state index contributed by atoms with van der Waals surface area (Å²) in [5.74, 6) is 0. The second kappa shape index (κ2) is 6.78. The Balaban J connectivity index is 1.70. The highest BCUT2D eigenvalue weighted by Gasteiger charge is 2.03. The van der Waals surface area contributed by atoms with Gasteiger partial charge in [0.25, 0.3) is 0 Å². The molecule has 0 spiro atoms. The SMILES string of the molecule is Clc1cccc(CNCCCn2cccn2)c1Cl. The van der Waals surface area contributed by atoms with E-state index in [0.717, 1.165) is 31.6 Å². The topological polar surface area (TPSA) is 29.9 Å². The van der Waals surface area contributed by atoms with Gasteiger partial charge in [-0.25, -0.2) is 0 Å². The van der Waals surface area contributed by atoms with Crippen molar-refractivity contribution in [3.63, 3.8) is 0 Å². The number of benzene rings is 1. The predicted molar refractivity (Wildman–Crippen MR) is 75.0 cm³/mol. The summed E-state index contributed by atoms with van der Waals surface area (Å²) >= 11 is 12.1. The molecule has 0 aliphatic carbocycles. The van der Waals surface area contributed by atoms with E-state index < -0.39 is 0 Å². The lowest BCUT2D eigenvalue weighted by Gasteiger charge is -2.07. The van der Waals surface area contributed by atoms with Crippen molar-refractivity contribution >= 4 is 23.2 Å². The number of hydrogen-bond donors (Lipinski definition) is 1. The van der Waals surface area contributed by atoms with Gasteiger partial charge in [-0.1, -0.05) is 35.3 Å². The number of aromatic nitrogens is 2. The van der Waals surface area contributed by atoms with Crippen LogP contribution in [0.3, 0.4) is 0 Å². The molecule has 0 radical (unpaired) electrons. The second-order valence-electron chi connectivity index (χ2n) is 4.01. The quantitative estimate of drug-likeness (QED) is 0.824. The Kier molecular flexibility index (Phi) is 5.05. The molecule has 5 heteroatoms. The van der Waals surface area contributed by atoms with Crippen LogP contribution in [0.15, 0.2) is 36.7 Å². The number of aryl methyl sites for hydroxylation is 1. The van der Waals surface area contributed by atoms with Crippen LogP contribution in [0.25, 0.3) is 0 Å². The van der Waals surface area contributed by atoms with Crippen LogP contribution in [0.2, 0.25) is 10.0 Å². The van der Waals surface area contributed by atoms with E-state index >= 15 is 0 Å². The Morgan fingerprint density at radius 1 is 1.22 bits per heavy atom. The van der Waals surface area contributed by atoms with Gasteiger partial charge in [0.15, 0.2) is 0 Å². The van der Waals surface area contributed by atoms with E-state index in [1.807, 2.05) is 29.1 Å². The summed E-state index contributed by atoms with van der Waals surface area (Å²) in [6.07, 6.45) is 4.78. The van der Waals surface area contributed by atoms with Crippen LogP contribution < -0.4 is 5.32 Å². The van der Waals surface area contributed by atoms with Gasteiger partial charge in [0.05, 0.1) is 10.0 Å². The summed E-state index contributed by atoms with van der Waals surface area (Å²) in [5, 5.41) is 8.74. The van der Waals surface area contributed by atoms with E-state index in [-0.39, 0.29) is 0 Å². The Hall–Kier alpha value is -1.03. The third-order valence-corrected chi connectivity index (χ3v) is 3.51. The molecule has 0 aliphatic heterocycles. The Morgan fingerprint density at radius 3 is 2.89 bits per heavy atom. The molecule has 1 N–H and O–H groups in total. The van der Waals surface area contributed by atoms with E-state index in [1.165, 1.54) is 0 Å². The summed E-state index contributed by atoms with van der Waals surface area (Å²) in [6.45, 7) is 2.57. The molecule has 2 aromatic rings. The van der Waals surface area contributed by atoms with Crippen LogP contribution in [-0.4, -0.2) is 16.3 Å². The minimum Gasteiger partial charge on any atom is -0.313 e. The average Bonchev–Trinajstić information content (AvgIpc) is 2.87. The predicted octanol–water partition coefficient (Wildman–Crippen LogP) is 3.37. The molecule has 2 rings (SSSR count). The number of nitrogens with one attached hydrogen (secondary N) is 1. The standard InChI is InChI=1S/C13H15Cl2N3/c14-12-5-1-4-11(13(12)15)10-16-6-2-8-18-9-3-7-17-18/h1,3-5,7,9,16H,2,6,8,10H2. The molecule has 0 saturated heterocycles. The van der Waals surface area contributed by atoms with Crippen molar-refractivity contribution < 1.29 is 0 Å². The maximum Gasteiger partial charge on any atom is 0.0637 e. The zero-order valence-electron chi connectivity index (χ0n) is 9.94. The molecular formula is C13H15Cl2N3. The van der Waals surface area contributed by atoms with Gasteiger partial charge in [-0.3, -0.25) is 4.68 Å². The van der Waals surface area contributed by atoms with Gasteiger partial charge in [0.1, 0.15) is 0 Å². The summed E-state index contributed by atoms with van der Waals surface area (Å²) in [5.41, 5.74) is 1.03. The lowest BCUT2D eigenvalue weighted by molar-refractivity contribution is 0.543. The smallest absolute Gasteiger partial charge is 0.0637 e. The summed E-state index contributed by atoms with van der Waals surface area (Å²) in [4.78, 5) is 0. The number of hydrogen-bond acceptors (Lipinski definition) is 2. The van der Waals surface area contributed by atoms with Crippen LogP contribution >= 0.6 is 23.2 Å². The Morgan fingerprint density at radius 2 is 2.11 bits per heavy atom. The summed E-state index contributed by atoms with van der Waals surface area (Å²) < 4.78 is 1.92. The molecule has 0 unspecified atom stereocenters. The van der Waals surface area contributed by atoms with Crippen molar-refractivity contribution in [1.29, 1.82) is 0 Å². The fourth-order valence-electron chi connectivity index (χ4n) is 1.71. The Bertz CT molecular complexity index is 483. The van der Waals surface area contributed by atoms with Crippen molar-refractivity contribution in [3.8, 4) is 0 Å². The molecule has 1 aromatic heterocycles. The molecule has 0 saturated carbocycles. The molecule has 18 heavy (non-hydrogen) atoms. The highest BCUT2D eigenvalue weighted by atomic mass is 35.5.